The van der Waals surface area contributed by atoms with Crippen molar-refractivity contribution in [3.8, 4) is 0 Å². The van der Waals surface area contributed by atoms with Crippen LogP contribution >= 0.6 is 0 Å². The van der Waals surface area contributed by atoms with Gasteiger partial charge in [0.25, 0.3) is 10.0 Å². The van der Waals surface area contributed by atoms with Crippen molar-refractivity contribution in [1.82, 2.24) is 0 Å². The highest BCUT2D eigenvalue weighted by Crippen LogP contribution is 2.26. The molecule has 0 fully saturated rings. The Balaban J connectivity index is 2.06. The van der Waals surface area contributed by atoms with Crippen LogP contribution in [0, 0.1) is 0 Å². The molecule has 0 atom stereocenters. The van der Waals surface area contributed by atoms with E-state index in [0.29, 0.717) is 30.1 Å². The van der Waals surface area contributed by atoms with Gasteiger partial charge in [0.1, 0.15) is 0 Å². The van der Waals surface area contributed by atoms with Crippen LogP contribution in [-0.4, -0.2) is 21.5 Å². The summed E-state index contributed by atoms with van der Waals surface area (Å²) in [7, 11) is -3.64. The van der Waals surface area contributed by atoms with E-state index in [2.05, 4.69) is 0 Å². The van der Waals surface area contributed by atoms with Crippen molar-refractivity contribution < 1.29 is 8.42 Å². The molecule has 0 unspecified atom stereocenters. The van der Waals surface area contributed by atoms with Gasteiger partial charge in [0.05, 0.1) is 10.6 Å². The fraction of sp³-hybridized carbons (Fsp3) is 0.158. The van der Waals surface area contributed by atoms with E-state index in [1.807, 2.05) is 48.5 Å². The van der Waals surface area contributed by atoms with Crippen LogP contribution in [0.15, 0.2) is 77.7 Å². The fourth-order valence-electron chi connectivity index (χ4n) is 2.67. The Hall–Kier alpha value is -2.37. The number of para-hydroxylation sites is 1. The van der Waals surface area contributed by atoms with Gasteiger partial charge < -0.3 is 5.73 Å². The number of fused-ring (bicyclic) bond motifs is 1. The molecule has 0 saturated carbocycles. The minimum absolute atomic E-state index is 0.294. The molecule has 3 aromatic carbocycles. The molecule has 0 saturated heterocycles. The zero-order chi connectivity index (χ0) is 17.0. The van der Waals surface area contributed by atoms with Crippen molar-refractivity contribution in [3.63, 3.8) is 0 Å². The van der Waals surface area contributed by atoms with Crippen LogP contribution in [-0.2, 0) is 10.0 Å². The zero-order valence-electron chi connectivity index (χ0n) is 13.3. The number of nitrogens with zero attached hydrogens (tertiary/aromatic N) is 1. The van der Waals surface area contributed by atoms with Crippen molar-refractivity contribution >= 4 is 26.5 Å². The molecule has 124 valence electrons. The second-order valence-electron chi connectivity index (χ2n) is 5.56. The quantitative estimate of drug-likeness (QED) is 0.748. The number of rotatable bonds is 6. The highest BCUT2D eigenvalue weighted by molar-refractivity contribution is 7.92. The summed E-state index contributed by atoms with van der Waals surface area (Å²) >= 11 is 0. The molecule has 24 heavy (non-hydrogen) atoms. The van der Waals surface area contributed by atoms with E-state index in [0.717, 1.165) is 10.8 Å². The molecular weight excluding hydrogens is 320 g/mol. The Morgan fingerprint density at radius 2 is 1.50 bits per heavy atom. The van der Waals surface area contributed by atoms with E-state index in [1.54, 1.807) is 24.3 Å². The molecule has 0 amide bonds. The predicted octanol–water partition coefficient (Wildman–Crippen LogP) is 3.38. The summed E-state index contributed by atoms with van der Waals surface area (Å²) in [5, 5.41) is 1.93. The normalized spacial score (nSPS) is 11.5. The zero-order valence-corrected chi connectivity index (χ0v) is 14.1. The van der Waals surface area contributed by atoms with Crippen LogP contribution < -0.4 is 10.0 Å². The molecule has 0 radical (unpaired) electrons. The van der Waals surface area contributed by atoms with Crippen molar-refractivity contribution in [2.24, 2.45) is 5.73 Å². The van der Waals surface area contributed by atoms with E-state index in [-0.39, 0.29) is 0 Å². The van der Waals surface area contributed by atoms with Crippen LogP contribution in [0.4, 0.5) is 5.69 Å². The van der Waals surface area contributed by atoms with Gasteiger partial charge in [-0.3, -0.25) is 4.31 Å². The number of sulfonamides is 1. The number of benzene rings is 3. The second-order valence-corrected chi connectivity index (χ2v) is 7.43. The Morgan fingerprint density at radius 1 is 0.833 bits per heavy atom. The average Bonchev–Trinajstić information content (AvgIpc) is 2.62. The van der Waals surface area contributed by atoms with Crippen LogP contribution in [0.5, 0.6) is 0 Å². The largest absolute Gasteiger partial charge is 0.330 e. The summed E-state index contributed by atoms with van der Waals surface area (Å²) < 4.78 is 27.8. The first-order valence-electron chi connectivity index (χ1n) is 7.89. The number of nitrogens with two attached hydrogens (primary N) is 1. The Labute approximate surface area is 142 Å². The van der Waals surface area contributed by atoms with Gasteiger partial charge in [-0.15, -0.1) is 0 Å². The lowest BCUT2D eigenvalue weighted by molar-refractivity contribution is 0.589. The maximum atomic E-state index is 13.2. The average molecular weight is 340 g/mol. The first kappa shape index (κ1) is 16.5. The van der Waals surface area contributed by atoms with Crippen LogP contribution in [0.3, 0.4) is 0 Å². The third kappa shape index (κ3) is 3.27. The smallest absolute Gasteiger partial charge is 0.264 e. The van der Waals surface area contributed by atoms with Crippen molar-refractivity contribution in [1.29, 1.82) is 0 Å². The van der Waals surface area contributed by atoms with E-state index in [4.69, 9.17) is 5.73 Å². The lowest BCUT2D eigenvalue weighted by Crippen LogP contribution is -2.33. The summed E-state index contributed by atoms with van der Waals surface area (Å²) in [5.74, 6) is 0. The van der Waals surface area contributed by atoms with Gasteiger partial charge in [0.2, 0.25) is 0 Å². The molecule has 0 aliphatic heterocycles. The van der Waals surface area contributed by atoms with Crippen molar-refractivity contribution in [3.05, 3.63) is 72.8 Å². The molecule has 0 bridgehead atoms. The van der Waals surface area contributed by atoms with Gasteiger partial charge in [-0.05, 0) is 48.0 Å². The van der Waals surface area contributed by atoms with E-state index >= 15 is 0 Å². The minimum atomic E-state index is -3.64. The number of anilines is 1. The third-order valence-electron chi connectivity index (χ3n) is 3.92. The molecule has 0 spiro atoms. The Bertz CT molecular complexity index is 924. The van der Waals surface area contributed by atoms with Crippen molar-refractivity contribution in [2.45, 2.75) is 11.3 Å². The highest BCUT2D eigenvalue weighted by atomic mass is 32.2. The summed E-state index contributed by atoms with van der Waals surface area (Å²) in [6, 6.07) is 22.1. The molecule has 5 heteroatoms. The topological polar surface area (TPSA) is 63.4 Å². The first-order chi connectivity index (χ1) is 11.6. The van der Waals surface area contributed by atoms with Crippen molar-refractivity contribution in [2.75, 3.05) is 17.4 Å². The monoisotopic (exact) mass is 340 g/mol. The minimum Gasteiger partial charge on any atom is -0.330 e. The number of hydrogen-bond acceptors (Lipinski definition) is 3. The highest BCUT2D eigenvalue weighted by Gasteiger charge is 2.24. The standard InChI is InChI=1S/C19H20N2O2S/c20-13-6-14-21(18-9-2-1-3-10-18)24(22,23)19-12-11-16-7-4-5-8-17(16)15-19/h1-5,7-12,15H,6,13-14,20H2. The molecule has 0 aliphatic rings. The van der Waals surface area contributed by atoms with Gasteiger partial charge >= 0.3 is 0 Å². The number of hydrogen-bond donors (Lipinski definition) is 1. The molecule has 3 rings (SSSR count). The summed E-state index contributed by atoms with van der Waals surface area (Å²) in [5.41, 5.74) is 6.24. The lowest BCUT2D eigenvalue weighted by Gasteiger charge is -2.24. The maximum Gasteiger partial charge on any atom is 0.264 e. The van der Waals surface area contributed by atoms with E-state index < -0.39 is 10.0 Å². The SMILES string of the molecule is NCCCN(c1ccccc1)S(=O)(=O)c1ccc2ccccc2c1. The molecular formula is C19H20N2O2S. The second kappa shape index (κ2) is 7.03. The van der Waals surface area contributed by atoms with Crippen LogP contribution in [0.1, 0.15) is 6.42 Å². The summed E-state index contributed by atoms with van der Waals surface area (Å²) in [6.45, 7) is 0.798. The molecule has 2 N–H and O–H groups in total. The third-order valence-corrected chi connectivity index (χ3v) is 5.74. The van der Waals surface area contributed by atoms with E-state index in [1.165, 1.54) is 4.31 Å². The Kier molecular flexibility index (Phi) is 4.83. The van der Waals surface area contributed by atoms with Gasteiger partial charge in [0.15, 0.2) is 0 Å². The van der Waals surface area contributed by atoms with Gasteiger partial charge in [-0.1, -0.05) is 48.5 Å². The molecule has 0 heterocycles. The molecule has 4 nitrogen and oxygen atoms in total. The maximum absolute atomic E-state index is 13.2. The molecule has 0 aromatic heterocycles. The van der Waals surface area contributed by atoms with Crippen LogP contribution in [0.2, 0.25) is 0 Å². The summed E-state index contributed by atoms with van der Waals surface area (Å²) in [6.07, 6.45) is 0.599. The van der Waals surface area contributed by atoms with Crippen LogP contribution in [0.25, 0.3) is 10.8 Å². The van der Waals surface area contributed by atoms with Gasteiger partial charge in [-0.2, -0.15) is 0 Å². The Morgan fingerprint density at radius 3 is 2.21 bits per heavy atom. The fourth-order valence-corrected chi connectivity index (χ4v) is 4.21. The summed E-state index contributed by atoms with van der Waals surface area (Å²) in [4.78, 5) is 0.294. The predicted molar refractivity (Wildman–Crippen MR) is 98.6 cm³/mol. The first-order valence-corrected chi connectivity index (χ1v) is 9.33. The van der Waals surface area contributed by atoms with E-state index in [9.17, 15) is 8.42 Å². The molecule has 3 aromatic rings. The lowest BCUT2D eigenvalue weighted by atomic mass is 10.1. The van der Waals surface area contributed by atoms with Gasteiger partial charge in [-0.25, -0.2) is 8.42 Å². The molecule has 0 aliphatic carbocycles. The van der Waals surface area contributed by atoms with Gasteiger partial charge in [0, 0.05) is 6.54 Å².